The van der Waals surface area contributed by atoms with Gasteiger partial charge < -0.3 is 19.3 Å². The number of morpholine rings is 1. The van der Waals surface area contributed by atoms with Gasteiger partial charge in [0.15, 0.2) is 0 Å². The first kappa shape index (κ1) is 23.9. The molecule has 2 aromatic carbocycles. The van der Waals surface area contributed by atoms with Gasteiger partial charge in [0, 0.05) is 44.2 Å². The van der Waals surface area contributed by atoms with E-state index in [0.717, 1.165) is 10.6 Å². The van der Waals surface area contributed by atoms with Crippen molar-refractivity contribution in [1.82, 2.24) is 9.21 Å². The normalized spacial score (nSPS) is 17.7. The highest BCUT2D eigenvalue weighted by Crippen LogP contribution is 2.33. The van der Waals surface area contributed by atoms with E-state index in [0.29, 0.717) is 64.0 Å². The van der Waals surface area contributed by atoms with Gasteiger partial charge in [0.2, 0.25) is 15.9 Å². The second-order valence-corrected chi connectivity index (χ2v) is 10.8. The van der Waals surface area contributed by atoms with Crippen LogP contribution in [-0.4, -0.2) is 88.9 Å². The molecule has 10 heteroatoms. The van der Waals surface area contributed by atoms with E-state index in [1.54, 1.807) is 25.3 Å². The average Bonchev–Trinajstić information content (AvgIpc) is 2.88. The fourth-order valence-corrected chi connectivity index (χ4v) is 6.21. The Hall–Kier alpha value is -2.27. The monoisotopic (exact) mass is 491 g/mol. The Morgan fingerprint density at radius 3 is 2.36 bits per heavy atom. The highest BCUT2D eigenvalue weighted by molar-refractivity contribution is 8.00. The molecule has 0 unspecified atom stereocenters. The first-order valence-electron chi connectivity index (χ1n) is 11.0. The number of thioether (sulfide) groups is 1. The molecule has 4 rings (SSSR count). The zero-order valence-corrected chi connectivity index (χ0v) is 20.3. The summed E-state index contributed by atoms with van der Waals surface area (Å²) in [7, 11) is -2.02. The topological polar surface area (TPSA) is 79.4 Å². The summed E-state index contributed by atoms with van der Waals surface area (Å²) in [6, 6.07) is 14.9. The largest absolute Gasteiger partial charge is 0.495 e. The van der Waals surface area contributed by atoms with E-state index in [4.69, 9.17) is 9.47 Å². The van der Waals surface area contributed by atoms with Crippen LogP contribution in [0.4, 0.5) is 5.69 Å². The summed E-state index contributed by atoms with van der Waals surface area (Å²) < 4.78 is 38.5. The van der Waals surface area contributed by atoms with Gasteiger partial charge in [0.1, 0.15) is 5.75 Å². The summed E-state index contributed by atoms with van der Waals surface area (Å²) in [5.41, 5.74) is 0.734. The summed E-state index contributed by atoms with van der Waals surface area (Å²) in [6.07, 6.45) is 0. The van der Waals surface area contributed by atoms with Crippen LogP contribution in [-0.2, 0) is 19.6 Å². The Bertz CT molecular complexity index is 1050. The van der Waals surface area contributed by atoms with Crippen LogP contribution in [0, 0.1) is 0 Å². The molecule has 2 heterocycles. The molecule has 0 spiro atoms. The SMILES string of the molecule is COc1ccc(S(=O)(=O)N2CCOCC2)cc1N1CCN(C(=O)CSc2ccccc2)CC1. The van der Waals surface area contributed by atoms with Gasteiger partial charge in [-0.05, 0) is 30.3 Å². The molecule has 0 radical (unpaired) electrons. The quantitative estimate of drug-likeness (QED) is 0.549. The molecular weight excluding hydrogens is 462 g/mol. The van der Waals surface area contributed by atoms with E-state index < -0.39 is 10.0 Å². The van der Waals surface area contributed by atoms with Gasteiger partial charge >= 0.3 is 0 Å². The smallest absolute Gasteiger partial charge is 0.243 e. The summed E-state index contributed by atoms with van der Waals surface area (Å²) in [6.45, 7) is 3.90. The molecule has 33 heavy (non-hydrogen) atoms. The van der Waals surface area contributed by atoms with Crippen molar-refractivity contribution in [3.63, 3.8) is 0 Å². The molecule has 0 atom stereocenters. The van der Waals surface area contributed by atoms with Gasteiger partial charge in [-0.15, -0.1) is 11.8 Å². The van der Waals surface area contributed by atoms with Crippen LogP contribution in [0.25, 0.3) is 0 Å². The number of amides is 1. The zero-order valence-electron chi connectivity index (χ0n) is 18.7. The number of methoxy groups -OCH3 is 1. The minimum absolute atomic E-state index is 0.110. The van der Waals surface area contributed by atoms with Gasteiger partial charge in [-0.3, -0.25) is 4.79 Å². The van der Waals surface area contributed by atoms with Crippen molar-refractivity contribution >= 4 is 33.4 Å². The lowest BCUT2D eigenvalue weighted by Crippen LogP contribution is -2.49. The fraction of sp³-hybridized carbons (Fsp3) is 0.435. The van der Waals surface area contributed by atoms with E-state index in [1.807, 2.05) is 35.2 Å². The molecule has 0 aromatic heterocycles. The maximum Gasteiger partial charge on any atom is 0.243 e. The number of rotatable bonds is 7. The van der Waals surface area contributed by atoms with Crippen LogP contribution in [0.3, 0.4) is 0 Å². The molecule has 178 valence electrons. The highest BCUT2D eigenvalue weighted by Gasteiger charge is 2.29. The van der Waals surface area contributed by atoms with E-state index >= 15 is 0 Å². The highest BCUT2D eigenvalue weighted by atomic mass is 32.2. The lowest BCUT2D eigenvalue weighted by molar-refractivity contribution is -0.128. The molecule has 2 aliphatic heterocycles. The predicted molar refractivity (Wildman–Crippen MR) is 129 cm³/mol. The molecule has 0 N–H and O–H groups in total. The third-order valence-corrected chi connectivity index (χ3v) is 8.73. The Morgan fingerprint density at radius 2 is 1.70 bits per heavy atom. The third-order valence-electron chi connectivity index (χ3n) is 5.84. The first-order valence-corrected chi connectivity index (χ1v) is 13.4. The van der Waals surface area contributed by atoms with Crippen LogP contribution in [0.5, 0.6) is 5.75 Å². The average molecular weight is 492 g/mol. The Kier molecular flexibility index (Phi) is 7.79. The number of hydrogen-bond donors (Lipinski definition) is 0. The number of benzene rings is 2. The number of carbonyl (C=O) groups is 1. The molecule has 1 amide bonds. The number of carbonyl (C=O) groups excluding carboxylic acids is 1. The molecule has 2 fully saturated rings. The molecular formula is C23H29N3O5S2. The number of piperazine rings is 1. The molecule has 2 aliphatic rings. The fourth-order valence-electron chi connectivity index (χ4n) is 3.96. The van der Waals surface area contributed by atoms with Crippen molar-refractivity contribution < 1.29 is 22.7 Å². The van der Waals surface area contributed by atoms with Crippen molar-refractivity contribution in [2.45, 2.75) is 9.79 Å². The lowest BCUT2D eigenvalue weighted by atomic mass is 10.2. The molecule has 0 aliphatic carbocycles. The number of hydrogen-bond acceptors (Lipinski definition) is 7. The van der Waals surface area contributed by atoms with Crippen LogP contribution in [0.1, 0.15) is 0 Å². The van der Waals surface area contributed by atoms with Gasteiger partial charge in [-0.25, -0.2) is 8.42 Å². The van der Waals surface area contributed by atoms with Gasteiger partial charge in [-0.1, -0.05) is 18.2 Å². The van der Waals surface area contributed by atoms with Crippen molar-refractivity contribution in [3.05, 3.63) is 48.5 Å². The molecule has 8 nitrogen and oxygen atoms in total. The van der Waals surface area contributed by atoms with E-state index in [2.05, 4.69) is 4.90 Å². The van der Waals surface area contributed by atoms with Crippen molar-refractivity contribution in [2.75, 3.05) is 70.2 Å². The Labute approximate surface area is 199 Å². The van der Waals surface area contributed by atoms with Crippen molar-refractivity contribution in [1.29, 1.82) is 0 Å². The second kappa shape index (κ2) is 10.8. The van der Waals surface area contributed by atoms with Gasteiger partial charge in [-0.2, -0.15) is 4.31 Å². The van der Waals surface area contributed by atoms with Crippen LogP contribution in [0.15, 0.2) is 58.3 Å². The minimum atomic E-state index is -3.60. The minimum Gasteiger partial charge on any atom is -0.495 e. The Morgan fingerprint density at radius 1 is 1.00 bits per heavy atom. The first-order chi connectivity index (χ1) is 16.0. The maximum absolute atomic E-state index is 13.1. The number of nitrogens with zero attached hydrogens (tertiary/aromatic N) is 3. The number of anilines is 1. The van der Waals surface area contributed by atoms with Crippen molar-refractivity contribution in [2.24, 2.45) is 0 Å². The van der Waals surface area contributed by atoms with Gasteiger partial charge in [0.05, 0.1) is 36.7 Å². The van der Waals surface area contributed by atoms with Gasteiger partial charge in [0.25, 0.3) is 0 Å². The van der Waals surface area contributed by atoms with Crippen LogP contribution in [0.2, 0.25) is 0 Å². The number of sulfonamides is 1. The second-order valence-electron chi connectivity index (χ2n) is 7.82. The molecule has 0 saturated carbocycles. The lowest BCUT2D eigenvalue weighted by Gasteiger charge is -2.37. The molecule has 0 bridgehead atoms. The van der Waals surface area contributed by atoms with Crippen LogP contribution >= 0.6 is 11.8 Å². The predicted octanol–water partition coefficient (Wildman–Crippen LogP) is 2.16. The zero-order chi connectivity index (χ0) is 23.3. The molecule has 2 saturated heterocycles. The number of ether oxygens (including phenoxy) is 2. The standard InChI is InChI=1S/C23H29N3O5S2/c1-30-22-8-7-20(33(28,29)26-13-15-31-16-14-26)17-21(22)24-9-11-25(12-10-24)23(27)18-32-19-5-3-2-4-6-19/h2-8,17H,9-16,18H2,1H3. The molecule has 2 aromatic rings. The van der Waals surface area contributed by atoms with E-state index in [-0.39, 0.29) is 10.8 Å². The summed E-state index contributed by atoms with van der Waals surface area (Å²) in [5, 5.41) is 0. The summed E-state index contributed by atoms with van der Waals surface area (Å²) in [4.78, 5) is 17.9. The summed E-state index contributed by atoms with van der Waals surface area (Å²) in [5.74, 6) is 1.13. The van der Waals surface area contributed by atoms with Crippen molar-refractivity contribution in [3.8, 4) is 5.75 Å². The Balaban J connectivity index is 1.42. The maximum atomic E-state index is 13.1. The third kappa shape index (κ3) is 5.63. The van der Waals surface area contributed by atoms with E-state index in [1.165, 1.54) is 16.1 Å². The van der Waals surface area contributed by atoms with Crippen LogP contribution < -0.4 is 9.64 Å². The summed E-state index contributed by atoms with van der Waals surface area (Å²) >= 11 is 1.54. The van der Waals surface area contributed by atoms with E-state index in [9.17, 15) is 13.2 Å².